The molecule has 3 amide bonds. The van der Waals surface area contributed by atoms with Crippen molar-refractivity contribution < 1.29 is 19.5 Å². The summed E-state index contributed by atoms with van der Waals surface area (Å²) in [6, 6.07) is 4.09. The van der Waals surface area contributed by atoms with Crippen LogP contribution in [0.5, 0.6) is 0 Å². The van der Waals surface area contributed by atoms with Gasteiger partial charge in [0.2, 0.25) is 0 Å². The third-order valence-corrected chi connectivity index (χ3v) is 3.38. The van der Waals surface area contributed by atoms with Gasteiger partial charge in [-0.1, -0.05) is 18.5 Å². The van der Waals surface area contributed by atoms with Crippen LogP contribution in [0.15, 0.2) is 18.2 Å². The van der Waals surface area contributed by atoms with E-state index in [0.717, 1.165) is 0 Å². The van der Waals surface area contributed by atoms with Gasteiger partial charge in [0, 0.05) is 17.8 Å². The highest BCUT2D eigenvalue weighted by Crippen LogP contribution is 2.22. The Bertz CT molecular complexity index is 656. The molecule has 0 saturated carbocycles. The summed E-state index contributed by atoms with van der Waals surface area (Å²) in [6.45, 7) is 7.26. The Morgan fingerprint density at radius 3 is 2.40 bits per heavy atom. The molecule has 1 aromatic rings. The number of nitrogens with zero attached hydrogens (tertiary/aromatic N) is 1. The molecule has 25 heavy (non-hydrogen) atoms. The largest absolute Gasteiger partial charge is 0.480 e. The number of carbonyl (C=O) groups is 3. The van der Waals surface area contributed by atoms with Gasteiger partial charge < -0.3 is 20.6 Å². The molecular weight excluding hydrogens is 346 g/mol. The third-order valence-electron chi connectivity index (χ3n) is 3.05. The van der Waals surface area contributed by atoms with Crippen LogP contribution in [0, 0.1) is 0 Å². The number of carbonyl (C=O) groups excluding carboxylic acids is 2. The monoisotopic (exact) mass is 369 g/mol. The van der Waals surface area contributed by atoms with E-state index in [9.17, 15) is 14.4 Å². The van der Waals surface area contributed by atoms with Crippen LogP contribution in [0.1, 0.15) is 44.5 Å². The lowest BCUT2D eigenvalue weighted by Crippen LogP contribution is -2.43. The number of amides is 3. The van der Waals surface area contributed by atoms with Crippen molar-refractivity contribution in [2.45, 2.75) is 39.7 Å². The first-order valence-electron chi connectivity index (χ1n) is 7.93. The summed E-state index contributed by atoms with van der Waals surface area (Å²) in [5.74, 6) is -1.59. The lowest BCUT2D eigenvalue weighted by molar-refractivity contribution is -0.137. The summed E-state index contributed by atoms with van der Waals surface area (Å²) in [5.41, 5.74) is 0.125. The average Bonchev–Trinajstić information content (AvgIpc) is 2.45. The van der Waals surface area contributed by atoms with Crippen LogP contribution < -0.4 is 10.6 Å². The van der Waals surface area contributed by atoms with Gasteiger partial charge in [-0.05, 0) is 45.4 Å². The summed E-state index contributed by atoms with van der Waals surface area (Å²) >= 11 is 6.09. The van der Waals surface area contributed by atoms with E-state index in [2.05, 4.69) is 10.6 Å². The molecule has 0 unspecified atom stereocenters. The number of benzene rings is 1. The third kappa shape index (κ3) is 7.01. The second-order valence-electron chi connectivity index (χ2n) is 6.64. The number of carboxylic acid groups (broad SMARTS) is 1. The number of anilines is 1. The van der Waals surface area contributed by atoms with Crippen molar-refractivity contribution >= 4 is 35.2 Å². The minimum atomic E-state index is -1.10. The molecule has 0 spiro atoms. The first kappa shape index (κ1) is 20.8. The smallest absolute Gasteiger partial charge is 0.323 e. The number of urea groups is 1. The van der Waals surface area contributed by atoms with Gasteiger partial charge in [0.1, 0.15) is 6.54 Å². The van der Waals surface area contributed by atoms with E-state index in [1.165, 1.54) is 17.0 Å². The zero-order valence-corrected chi connectivity index (χ0v) is 15.6. The minimum absolute atomic E-state index is 0.143. The Morgan fingerprint density at radius 1 is 1.24 bits per heavy atom. The first-order chi connectivity index (χ1) is 11.5. The zero-order valence-electron chi connectivity index (χ0n) is 14.9. The highest BCUT2D eigenvalue weighted by Gasteiger charge is 2.21. The molecule has 1 aromatic carbocycles. The van der Waals surface area contributed by atoms with Gasteiger partial charge in [0.25, 0.3) is 5.91 Å². The highest BCUT2D eigenvalue weighted by molar-refractivity contribution is 6.34. The van der Waals surface area contributed by atoms with Crippen LogP contribution in [0.4, 0.5) is 10.5 Å². The van der Waals surface area contributed by atoms with Gasteiger partial charge in [-0.25, -0.2) is 4.79 Å². The molecule has 0 aromatic heterocycles. The van der Waals surface area contributed by atoms with Gasteiger partial charge >= 0.3 is 12.0 Å². The van der Waals surface area contributed by atoms with Crippen molar-refractivity contribution in [2.24, 2.45) is 0 Å². The fraction of sp³-hybridized carbons (Fsp3) is 0.471. The van der Waals surface area contributed by atoms with E-state index < -0.39 is 30.0 Å². The fourth-order valence-electron chi connectivity index (χ4n) is 2.13. The van der Waals surface area contributed by atoms with Gasteiger partial charge in [-0.3, -0.25) is 9.59 Å². The molecule has 0 radical (unpaired) electrons. The Morgan fingerprint density at radius 2 is 1.88 bits per heavy atom. The average molecular weight is 370 g/mol. The Balaban J connectivity index is 3.01. The van der Waals surface area contributed by atoms with Gasteiger partial charge in [-0.2, -0.15) is 0 Å². The minimum Gasteiger partial charge on any atom is -0.480 e. The van der Waals surface area contributed by atoms with E-state index in [-0.39, 0.29) is 10.6 Å². The standard InChI is InChI=1S/C17H24ClN3O4/c1-5-8-21(10-14(22)23)15(24)12-9-11(6-7-13(12)18)19-16(25)20-17(2,3)4/h6-7,9H,5,8,10H2,1-4H3,(H,22,23)(H2,19,20,25). The molecule has 0 saturated heterocycles. The Hall–Kier alpha value is -2.28. The number of hydrogen-bond donors (Lipinski definition) is 3. The number of hydrogen-bond acceptors (Lipinski definition) is 3. The molecule has 0 bridgehead atoms. The van der Waals surface area contributed by atoms with Crippen molar-refractivity contribution in [1.82, 2.24) is 10.2 Å². The molecule has 0 atom stereocenters. The molecule has 0 aliphatic carbocycles. The number of carboxylic acids is 1. The van der Waals surface area contributed by atoms with Crippen LogP contribution >= 0.6 is 11.6 Å². The van der Waals surface area contributed by atoms with Crippen molar-refractivity contribution in [2.75, 3.05) is 18.4 Å². The molecule has 7 nitrogen and oxygen atoms in total. The second-order valence-corrected chi connectivity index (χ2v) is 7.05. The second kappa shape index (κ2) is 8.71. The predicted octanol–water partition coefficient (Wildman–Crippen LogP) is 3.20. The van der Waals surface area contributed by atoms with Gasteiger partial charge in [0.05, 0.1) is 10.6 Å². The maximum absolute atomic E-state index is 12.6. The van der Waals surface area contributed by atoms with Crippen molar-refractivity contribution in [1.29, 1.82) is 0 Å². The van der Waals surface area contributed by atoms with Crippen LogP contribution in [-0.4, -0.2) is 46.5 Å². The molecule has 0 aliphatic heterocycles. The Labute approximate surface area is 152 Å². The molecule has 138 valence electrons. The predicted molar refractivity (Wildman–Crippen MR) is 97.2 cm³/mol. The van der Waals surface area contributed by atoms with Crippen LogP contribution in [-0.2, 0) is 4.79 Å². The zero-order chi connectivity index (χ0) is 19.2. The van der Waals surface area contributed by atoms with Crippen molar-refractivity contribution in [3.63, 3.8) is 0 Å². The fourth-order valence-corrected chi connectivity index (χ4v) is 2.32. The number of aliphatic carboxylic acids is 1. The quantitative estimate of drug-likeness (QED) is 0.717. The van der Waals surface area contributed by atoms with E-state index in [4.69, 9.17) is 16.7 Å². The van der Waals surface area contributed by atoms with Crippen LogP contribution in [0.3, 0.4) is 0 Å². The summed E-state index contributed by atoms with van der Waals surface area (Å²) in [5, 5.41) is 14.5. The molecular formula is C17H24ClN3O4. The molecule has 0 fully saturated rings. The van der Waals surface area contributed by atoms with Gasteiger partial charge in [0.15, 0.2) is 0 Å². The lowest BCUT2D eigenvalue weighted by Gasteiger charge is -2.22. The van der Waals surface area contributed by atoms with Crippen molar-refractivity contribution in [3.05, 3.63) is 28.8 Å². The van der Waals surface area contributed by atoms with Crippen molar-refractivity contribution in [3.8, 4) is 0 Å². The summed E-state index contributed by atoms with van der Waals surface area (Å²) in [7, 11) is 0. The topological polar surface area (TPSA) is 98.7 Å². The molecule has 0 aliphatic rings. The first-order valence-corrected chi connectivity index (χ1v) is 8.31. The molecule has 8 heteroatoms. The SMILES string of the molecule is CCCN(CC(=O)O)C(=O)c1cc(NC(=O)NC(C)(C)C)ccc1Cl. The highest BCUT2D eigenvalue weighted by atomic mass is 35.5. The number of halogens is 1. The number of nitrogens with one attached hydrogen (secondary N) is 2. The normalized spacial score (nSPS) is 10.9. The van der Waals surface area contributed by atoms with E-state index in [1.54, 1.807) is 6.07 Å². The van der Waals surface area contributed by atoms with Crippen LogP contribution in [0.2, 0.25) is 5.02 Å². The Kier molecular flexibility index (Phi) is 7.23. The molecule has 3 N–H and O–H groups in total. The summed E-state index contributed by atoms with van der Waals surface area (Å²) < 4.78 is 0. The maximum atomic E-state index is 12.6. The number of rotatable bonds is 6. The molecule has 1 rings (SSSR count). The summed E-state index contributed by atoms with van der Waals surface area (Å²) in [4.78, 5) is 36.7. The lowest BCUT2D eigenvalue weighted by atomic mass is 10.1. The van der Waals surface area contributed by atoms with E-state index in [0.29, 0.717) is 18.7 Å². The van der Waals surface area contributed by atoms with Crippen LogP contribution in [0.25, 0.3) is 0 Å². The maximum Gasteiger partial charge on any atom is 0.323 e. The van der Waals surface area contributed by atoms with E-state index >= 15 is 0 Å². The van der Waals surface area contributed by atoms with E-state index in [1.807, 2.05) is 27.7 Å². The summed E-state index contributed by atoms with van der Waals surface area (Å²) in [6.07, 6.45) is 0.614. The van der Waals surface area contributed by atoms with Gasteiger partial charge in [-0.15, -0.1) is 0 Å². The molecule has 0 heterocycles.